The molecule has 118 valence electrons. The first-order chi connectivity index (χ1) is 10.5. The minimum atomic E-state index is -0.295. The lowest BCUT2D eigenvalue weighted by Crippen LogP contribution is -2.34. The average molecular weight is 318 g/mol. The third-order valence-electron chi connectivity index (χ3n) is 3.57. The maximum atomic E-state index is 12.4. The van der Waals surface area contributed by atoms with Crippen LogP contribution in [-0.2, 0) is 11.2 Å². The molecule has 1 amide bonds. The maximum Gasteiger partial charge on any atom is 0.248 e. The number of benzene rings is 1. The Morgan fingerprint density at radius 3 is 2.59 bits per heavy atom. The molecule has 1 atom stereocenters. The summed E-state index contributed by atoms with van der Waals surface area (Å²) in [4.78, 5) is 12.4. The van der Waals surface area contributed by atoms with Gasteiger partial charge in [0.15, 0.2) is 0 Å². The Labute approximate surface area is 135 Å². The van der Waals surface area contributed by atoms with Crippen LogP contribution in [0.15, 0.2) is 18.2 Å². The van der Waals surface area contributed by atoms with Crippen molar-refractivity contribution in [1.82, 2.24) is 10.2 Å². The monoisotopic (exact) mass is 318 g/mol. The lowest BCUT2D eigenvalue weighted by atomic mass is 10.1. The highest BCUT2D eigenvalue weighted by molar-refractivity contribution is 7.15. The van der Waals surface area contributed by atoms with Crippen molar-refractivity contribution in [3.63, 3.8) is 0 Å². The van der Waals surface area contributed by atoms with Crippen molar-refractivity contribution >= 4 is 28.1 Å². The average Bonchev–Trinajstić information content (AvgIpc) is 2.95. The molecular weight excluding hydrogens is 296 g/mol. The van der Waals surface area contributed by atoms with Crippen LogP contribution < -0.4 is 10.6 Å². The molecule has 2 N–H and O–H groups in total. The first-order valence-electron chi connectivity index (χ1n) is 7.50. The fourth-order valence-electron chi connectivity index (χ4n) is 2.02. The Hall–Kier alpha value is -1.95. The minimum absolute atomic E-state index is 0.0838. The molecule has 0 aliphatic carbocycles. The molecule has 2 aromatic rings. The van der Waals surface area contributed by atoms with Crippen molar-refractivity contribution in [2.24, 2.45) is 0 Å². The first-order valence-corrected chi connectivity index (χ1v) is 8.32. The van der Waals surface area contributed by atoms with Crippen molar-refractivity contribution in [2.45, 2.75) is 46.6 Å². The molecule has 1 aromatic heterocycles. The van der Waals surface area contributed by atoms with Crippen LogP contribution in [0.3, 0.4) is 0 Å². The number of nitrogens with one attached hydrogen (secondary N) is 2. The van der Waals surface area contributed by atoms with E-state index in [1.807, 2.05) is 19.9 Å². The third kappa shape index (κ3) is 4.04. The van der Waals surface area contributed by atoms with Crippen LogP contribution in [-0.4, -0.2) is 22.1 Å². The molecule has 5 nitrogen and oxygen atoms in total. The first kappa shape index (κ1) is 16.4. The summed E-state index contributed by atoms with van der Waals surface area (Å²) in [5.74, 6) is -0.0838. The Bertz CT molecular complexity index is 653. The third-order valence-corrected chi connectivity index (χ3v) is 4.55. The molecule has 6 heteroatoms. The number of aryl methyl sites for hydroxylation is 3. The van der Waals surface area contributed by atoms with E-state index in [1.54, 1.807) is 0 Å². The Morgan fingerprint density at radius 2 is 2.00 bits per heavy atom. The zero-order valence-electron chi connectivity index (χ0n) is 13.4. The van der Waals surface area contributed by atoms with Gasteiger partial charge in [-0.15, -0.1) is 10.2 Å². The fraction of sp³-hybridized carbons (Fsp3) is 0.438. The van der Waals surface area contributed by atoms with Gasteiger partial charge in [-0.3, -0.25) is 10.1 Å². The number of rotatable bonds is 6. The van der Waals surface area contributed by atoms with Gasteiger partial charge < -0.3 is 5.32 Å². The van der Waals surface area contributed by atoms with Gasteiger partial charge in [-0.2, -0.15) is 0 Å². The Balaban J connectivity index is 2.03. The van der Waals surface area contributed by atoms with Crippen molar-refractivity contribution in [2.75, 3.05) is 10.6 Å². The molecule has 0 aliphatic rings. The number of hydrogen-bond donors (Lipinski definition) is 2. The normalized spacial score (nSPS) is 12.0. The van der Waals surface area contributed by atoms with Crippen LogP contribution in [0, 0.1) is 13.8 Å². The van der Waals surface area contributed by atoms with Gasteiger partial charge in [0.25, 0.3) is 0 Å². The molecule has 0 unspecified atom stereocenters. The standard InChI is InChI=1S/C16H22N4OS/c1-5-13(17-12-8-7-10(3)11(4)9-12)15(21)18-16-20-19-14(6-2)22-16/h7-9,13,17H,5-6H2,1-4H3,(H,18,20,21)/t13-/m0/s1. The highest BCUT2D eigenvalue weighted by atomic mass is 32.1. The summed E-state index contributed by atoms with van der Waals surface area (Å²) in [6.45, 7) is 8.14. The molecule has 2 rings (SSSR count). The number of carbonyl (C=O) groups excluding carboxylic acids is 1. The summed E-state index contributed by atoms with van der Waals surface area (Å²) in [6, 6.07) is 5.82. The van der Waals surface area contributed by atoms with Gasteiger partial charge in [0.1, 0.15) is 11.0 Å². The number of carbonyl (C=O) groups is 1. The predicted octanol–water partition coefficient (Wildman–Crippen LogP) is 3.55. The van der Waals surface area contributed by atoms with Gasteiger partial charge in [-0.25, -0.2) is 0 Å². The summed E-state index contributed by atoms with van der Waals surface area (Å²) < 4.78 is 0. The van der Waals surface area contributed by atoms with Gasteiger partial charge in [0.2, 0.25) is 11.0 Å². The molecular formula is C16H22N4OS. The van der Waals surface area contributed by atoms with Crippen LogP contribution in [0.2, 0.25) is 0 Å². The number of amides is 1. The quantitative estimate of drug-likeness (QED) is 0.855. The van der Waals surface area contributed by atoms with Crippen molar-refractivity contribution in [3.05, 3.63) is 34.3 Å². The summed E-state index contributed by atoms with van der Waals surface area (Å²) in [7, 11) is 0. The molecule has 0 aliphatic heterocycles. The van der Waals surface area contributed by atoms with E-state index in [1.165, 1.54) is 22.5 Å². The number of hydrogen-bond acceptors (Lipinski definition) is 5. The maximum absolute atomic E-state index is 12.4. The van der Waals surface area contributed by atoms with E-state index in [-0.39, 0.29) is 11.9 Å². The van der Waals surface area contributed by atoms with Gasteiger partial charge in [0, 0.05) is 5.69 Å². The predicted molar refractivity (Wildman–Crippen MR) is 91.5 cm³/mol. The zero-order valence-corrected chi connectivity index (χ0v) is 14.3. The van der Waals surface area contributed by atoms with Crippen molar-refractivity contribution in [3.8, 4) is 0 Å². The molecule has 0 saturated heterocycles. The molecule has 1 aromatic carbocycles. The molecule has 0 radical (unpaired) electrons. The summed E-state index contributed by atoms with van der Waals surface area (Å²) in [5.41, 5.74) is 3.40. The van der Waals surface area contributed by atoms with Crippen LogP contribution in [0.25, 0.3) is 0 Å². The molecule has 0 bridgehead atoms. The highest BCUT2D eigenvalue weighted by Crippen LogP contribution is 2.18. The van der Waals surface area contributed by atoms with E-state index in [0.717, 1.165) is 17.1 Å². The van der Waals surface area contributed by atoms with Crippen LogP contribution in [0.5, 0.6) is 0 Å². The van der Waals surface area contributed by atoms with Gasteiger partial charge in [-0.05, 0) is 49.9 Å². The van der Waals surface area contributed by atoms with Gasteiger partial charge >= 0.3 is 0 Å². The number of nitrogens with zero attached hydrogens (tertiary/aromatic N) is 2. The van der Waals surface area contributed by atoms with Crippen molar-refractivity contribution in [1.29, 1.82) is 0 Å². The topological polar surface area (TPSA) is 66.9 Å². The second kappa shape index (κ2) is 7.35. The zero-order chi connectivity index (χ0) is 16.1. The van der Waals surface area contributed by atoms with Crippen LogP contribution >= 0.6 is 11.3 Å². The summed E-state index contributed by atoms with van der Waals surface area (Å²) >= 11 is 1.42. The van der Waals surface area contributed by atoms with E-state index >= 15 is 0 Å². The van der Waals surface area contributed by atoms with E-state index in [9.17, 15) is 4.79 Å². The number of anilines is 2. The van der Waals surface area contributed by atoms with E-state index in [0.29, 0.717) is 11.6 Å². The van der Waals surface area contributed by atoms with E-state index in [4.69, 9.17) is 0 Å². The molecule has 0 fully saturated rings. The van der Waals surface area contributed by atoms with E-state index < -0.39 is 0 Å². The second-order valence-corrected chi connectivity index (χ2v) is 6.31. The lowest BCUT2D eigenvalue weighted by molar-refractivity contribution is -0.117. The molecule has 0 spiro atoms. The van der Waals surface area contributed by atoms with Crippen LogP contribution in [0.1, 0.15) is 36.4 Å². The molecule has 1 heterocycles. The molecule has 0 saturated carbocycles. The second-order valence-electron chi connectivity index (χ2n) is 5.25. The Kier molecular flexibility index (Phi) is 5.49. The van der Waals surface area contributed by atoms with Crippen molar-refractivity contribution < 1.29 is 4.79 Å². The summed E-state index contributed by atoms with van der Waals surface area (Å²) in [6.07, 6.45) is 1.52. The fourth-order valence-corrected chi connectivity index (χ4v) is 2.71. The van der Waals surface area contributed by atoms with Crippen LogP contribution in [0.4, 0.5) is 10.8 Å². The molecule has 22 heavy (non-hydrogen) atoms. The Morgan fingerprint density at radius 1 is 1.23 bits per heavy atom. The van der Waals surface area contributed by atoms with E-state index in [2.05, 4.69) is 46.8 Å². The summed E-state index contributed by atoms with van der Waals surface area (Å²) in [5, 5.41) is 15.6. The number of aromatic nitrogens is 2. The van der Waals surface area contributed by atoms with Gasteiger partial charge in [-0.1, -0.05) is 31.3 Å². The largest absolute Gasteiger partial charge is 0.374 e. The lowest BCUT2D eigenvalue weighted by Gasteiger charge is -2.17. The SMILES string of the molecule is CCc1nnc(NC(=O)[C@H](CC)Nc2ccc(C)c(C)c2)s1. The smallest absolute Gasteiger partial charge is 0.248 e. The minimum Gasteiger partial charge on any atom is -0.374 e. The highest BCUT2D eigenvalue weighted by Gasteiger charge is 2.18. The van der Waals surface area contributed by atoms with Gasteiger partial charge in [0.05, 0.1) is 0 Å².